The van der Waals surface area contributed by atoms with Gasteiger partial charge in [0.1, 0.15) is 5.82 Å². The van der Waals surface area contributed by atoms with E-state index in [1.165, 1.54) is 0 Å². The highest BCUT2D eigenvalue weighted by Crippen LogP contribution is 2.25. The first kappa shape index (κ1) is 10.1. The molecule has 1 aliphatic rings. The highest BCUT2D eigenvalue weighted by molar-refractivity contribution is 5.79. The molecule has 0 saturated carbocycles. The number of carbonyl (C=O) groups is 1. The Bertz CT molecular complexity index is 361. The molecule has 15 heavy (non-hydrogen) atoms. The van der Waals surface area contributed by atoms with Gasteiger partial charge in [-0.25, -0.2) is 4.98 Å². The summed E-state index contributed by atoms with van der Waals surface area (Å²) in [7, 11) is 1.65. The molecule has 2 atom stereocenters. The second kappa shape index (κ2) is 3.98. The van der Waals surface area contributed by atoms with E-state index in [-0.39, 0.29) is 17.7 Å². The number of aryl methyl sites for hydroxylation is 1. The van der Waals surface area contributed by atoms with E-state index >= 15 is 0 Å². The van der Waals surface area contributed by atoms with Crippen molar-refractivity contribution in [2.75, 3.05) is 20.1 Å². The van der Waals surface area contributed by atoms with Crippen molar-refractivity contribution in [1.82, 2.24) is 25.8 Å². The average Bonchev–Trinajstić information content (AvgIpc) is 2.84. The molecule has 0 bridgehead atoms. The van der Waals surface area contributed by atoms with Crippen LogP contribution in [0.15, 0.2) is 0 Å². The lowest BCUT2D eigenvalue weighted by Gasteiger charge is -2.13. The highest BCUT2D eigenvalue weighted by Gasteiger charge is 2.35. The van der Waals surface area contributed by atoms with Crippen molar-refractivity contribution in [3.8, 4) is 0 Å². The minimum Gasteiger partial charge on any atom is -0.359 e. The minimum absolute atomic E-state index is 0.0486. The monoisotopic (exact) mass is 209 g/mol. The number of aromatic nitrogens is 3. The Kier molecular flexibility index (Phi) is 2.68. The summed E-state index contributed by atoms with van der Waals surface area (Å²) in [6, 6.07) is 0. The van der Waals surface area contributed by atoms with Gasteiger partial charge >= 0.3 is 0 Å². The first-order valence-corrected chi connectivity index (χ1v) is 5.03. The van der Waals surface area contributed by atoms with Crippen molar-refractivity contribution in [1.29, 1.82) is 0 Å². The molecule has 6 heteroatoms. The predicted octanol–water partition coefficient (Wildman–Crippen LogP) is -0.838. The van der Waals surface area contributed by atoms with E-state index in [2.05, 4.69) is 25.8 Å². The third-order valence-corrected chi connectivity index (χ3v) is 2.74. The maximum atomic E-state index is 11.6. The minimum atomic E-state index is -0.0646. The highest BCUT2D eigenvalue weighted by atomic mass is 16.1. The summed E-state index contributed by atoms with van der Waals surface area (Å²) in [6.45, 7) is 3.31. The second-order valence-corrected chi connectivity index (χ2v) is 3.76. The summed E-state index contributed by atoms with van der Waals surface area (Å²) >= 11 is 0. The molecule has 1 aromatic heterocycles. The van der Waals surface area contributed by atoms with Gasteiger partial charge < -0.3 is 10.6 Å². The zero-order valence-corrected chi connectivity index (χ0v) is 8.87. The number of hydrogen-bond donors (Lipinski definition) is 3. The van der Waals surface area contributed by atoms with Crippen LogP contribution in [0.5, 0.6) is 0 Å². The van der Waals surface area contributed by atoms with Gasteiger partial charge in [-0.1, -0.05) is 0 Å². The van der Waals surface area contributed by atoms with Crippen molar-refractivity contribution in [2.45, 2.75) is 12.8 Å². The summed E-state index contributed by atoms with van der Waals surface area (Å²) < 4.78 is 0. The van der Waals surface area contributed by atoms with Crippen LogP contribution in [-0.2, 0) is 4.79 Å². The van der Waals surface area contributed by atoms with E-state index in [1.807, 2.05) is 6.92 Å². The molecular weight excluding hydrogens is 194 g/mol. The van der Waals surface area contributed by atoms with Gasteiger partial charge in [0.25, 0.3) is 0 Å². The number of nitrogens with one attached hydrogen (secondary N) is 3. The van der Waals surface area contributed by atoms with Crippen LogP contribution in [0.4, 0.5) is 0 Å². The fourth-order valence-electron chi connectivity index (χ4n) is 1.94. The van der Waals surface area contributed by atoms with Gasteiger partial charge in [-0.3, -0.25) is 9.89 Å². The predicted molar refractivity (Wildman–Crippen MR) is 54.3 cm³/mol. The average molecular weight is 209 g/mol. The van der Waals surface area contributed by atoms with Gasteiger partial charge in [0.15, 0.2) is 5.82 Å². The number of carbonyl (C=O) groups excluding carboxylic acids is 1. The molecule has 1 aromatic rings. The van der Waals surface area contributed by atoms with Gasteiger partial charge in [0.05, 0.1) is 5.92 Å². The van der Waals surface area contributed by atoms with Crippen LogP contribution in [-0.4, -0.2) is 41.2 Å². The number of aromatic amines is 1. The molecule has 1 fully saturated rings. The zero-order valence-electron chi connectivity index (χ0n) is 8.87. The molecule has 2 rings (SSSR count). The number of H-pyrrole nitrogens is 1. The zero-order chi connectivity index (χ0) is 10.8. The van der Waals surface area contributed by atoms with Gasteiger partial charge in [0.2, 0.25) is 5.91 Å². The molecule has 0 spiro atoms. The molecule has 3 N–H and O–H groups in total. The van der Waals surface area contributed by atoms with Crippen molar-refractivity contribution in [3.05, 3.63) is 11.6 Å². The summed E-state index contributed by atoms with van der Waals surface area (Å²) in [5.41, 5.74) is 0. The van der Waals surface area contributed by atoms with E-state index in [4.69, 9.17) is 0 Å². The molecule has 1 amide bonds. The quantitative estimate of drug-likeness (QED) is 0.593. The molecule has 1 aliphatic heterocycles. The first-order valence-electron chi connectivity index (χ1n) is 5.03. The maximum Gasteiger partial charge on any atom is 0.224 e. The number of rotatable bonds is 2. The van der Waals surface area contributed by atoms with E-state index in [0.29, 0.717) is 6.54 Å². The van der Waals surface area contributed by atoms with Gasteiger partial charge in [-0.15, -0.1) is 0 Å². The molecule has 1 saturated heterocycles. The standard InChI is InChI=1S/C9H15N5O/c1-5-12-8(14-13-5)6-3-11-4-7(6)9(15)10-2/h6-7,11H,3-4H2,1-2H3,(H,10,15)(H,12,13,14)/t6-,7-/m1/s1. The molecule has 82 valence electrons. The Morgan fingerprint density at radius 2 is 2.33 bits per heavy atom. The van der Waals surface area contributed by atoms with Gasteiger partial charge in [0, 0.05) is 26.1 Å². The van der Waals surface area contributed by atoms with E-state index in [1.54, 1.807) is 7.05 Å². The number of nitrogens with zero attached hydrogens (tertiary/aromatic N) is 2. The fourth-order valence-corrected chi connectivity index (χ4v) is 1.94. The lowest BCUT2D eigenvalue weighted by atomic mass is 9.94. The van der Waals surface area contributed by atoms with E-state index in [0.717, 1.165) is 18.2 Å². The molecule has 0 unspecified atom stereocenters. The normalized spacial score (nSPS) is 25.5. The number of hydrogen-bond acceptors (Lipinski definition) is 4. The molecule has 0 aromatic carbocycles. The lowest BCUT2D eigenvalue weighted by Crippen LogP contribution is -2.32. The molecule has 2 heterocycles. The fraction of sp³-hybridized carbons (Fsp3) is 0.667. The topological polar surface area (TPSA) is 82.7 Å². The third kappa shape index (κ3) is 1.85. The summed E-state index contributed by atoms with van der Waals surface area (Å²) in [6.07, 6.45) is 0. The van der Waals surface area contributed by atoms with Crippen LogP contribution in [0.1, 0.15) is 17.6 Å². The summed E-state index contributed by atoms with van der Waals surface area (Å²) in [5.74, 6) is 1.58. The van der Waals surface area contributed by atoms with Crippen molar-refractivity contribution in [3.63, 3.8) is 0 Å². The Balaban J connectivity index is 2.18. The lowest BCUT2D eigenvalue weighted by molar-refractivity contribution is -0.124. The van der Waals surface area contributed by atoms with Crippen molar-refractivity contribution >= 4 is 5.91 Å². The van der Waals surface area contributed by atoms with Crippen LogP contribution in [0.2, 0.25) is 0 Å². The smallest absolute Gasteiger partial charge is 0.224 e. The number of amides is 1. The van der Waals surface area contributed by atoms with Crippen LogP contribution < -0.4 is 10.6 Å². The molecule has 6 nitrogen and oxygen atoms in total. The SMILES string of the molecule is CNC(=O)[C@@H]1CNC[C@H]1c1n[nH]c(C)n1. The Morgan fingerprint density at radius 3 is 2.93 bits per heavy atom. The van der Waals surface area contributed by atoms with Crippen LogP contribution in [0.25, 0.3) is 0 Å². The van der Waals surface area contributed by atoms with Crippen molar-refractivity contribution in [2.24, 2.45) is 5.92 Å². The van der Waals surface area contributed by atoms with Crippen LogP contribution in [0.3, 0.4) is 0 Å². The molecular formula is C9H15N5O. The maximum absolute atomic E-state index is 11.6. The van der Waals surface area contributed by atoms with Crippen LogP contribution >= 0.6 is 0 Å². The second-order valence-electron chi connectivity index (χ2n) is 3.76. The van der Waals surface area contributed by atoms with Gasteiger partial charge in [-0.2, -0.15) is 5.10 Å². The Labute approximate surface area is 87.9 Å². The van der Waals surface area contributed by atoms with Crippen LogP contribution in [0, 0.1) is 12.8 Å². The molecule has 0 radical (unpaired) electrons. The largest absolute Gasteiger partial charge is 0.359 e. The van der Waals surface area contributed by atoms with E-state index in [9.17, 15) is 4.79 Å². The van der Waals surface area contributed by atoms with Crippen molar-refractivity contribution < 1.29 is 4.79 Å². The molecule has 0 aliphatic carbocycles. The Hall–Kier alpha value is -1.43. The third-order valence-electron chi connectivity index (χ3n) is 2.74. The van der Waals surface area contributed by atoms with E-state index < -0.39 is 0 Å². The first-order chi connectivity index (χ1) is 7.22. The van der Waals surface area contributed by atoms with Gasteiger partial charge in [-0.05, 0) is 6.92 Å². The Morgan fingerprint density at radius 1 is 1.53 bits per heavy atom. The summed E-state index contributed by atoms with van der Waals surface area (Å²) in [4.78, 5) is 15.9. The summed E-state index contributed by atoms with van der Waals surface area (Å²) in [5, 5.41) is 12.8.